The highest BCUT2D eigenvalue weighted by atomic mass is 32.2. The minimum absolute atomic E-state index is 0.00548. The first-order valence-electron chi connectivity index (χ1n) is 5.99. The van der Waals surface area contributed by atoms with Crippen LogP contribution in [0, 0.1) is 0 Å². The van der Waals surface area contributed by atoms with E-state index in [9.17, 15) is 4.21 Å². The summed E-state index contributed by atoms with van der Waals surface area (Å²) in [7, 11) is -0.836. The Morgan fingerprint density at radius 1 is 1.53 bits per heavy atom. The average Bonchev–Trinajstić information content (AvgIpc) is 2.28. The maximum absolute atomic E-state index is 11.9. The van der Waals surface area contributed by atoms with E-state index < -0.39 is 10.8 Å². The SMILES string of the molecule is CC(N)CS(=O)CC1CCOc2ccccc21. The Bertz CT molecular complexity index is 406. The maximum Gasteiger partial charge on any atom is 0.122 e. The normalized spacial score (nSPS) is 22.4. The second kappa shape index (κ2) is 5.65. The Labute approximate surface area is 105 Å². The predicted octanol–water partition coefficient (Wildman–Crippen LogP) is 1.65. The summed E-state index contributed by atoms with van der Waals surface area (Å²) in [5.41, 5.74) is 6.87. The number of hydrogen-bond acceptors (Lipinski definition) is 3. The summed E-state index contributed by atoms with van der Waals surface area (Å²) in [6, 6.07) is 8.04. The van der Waals surface area contributed by atoms with Crippen molar-refractivity contribution in [3.8, 4) is 5.75 Å². The van der Waals surface area contributed by atoms with Gasteiger partial charge >= 0.3 is 0 Å². The van der Waals surface area contributed by atoms with Crippen LogP contribution in [0.15, 0.2) is 24.3 Å². The Morgan fingerprint density at radius 3 is 3.06 bits per heavy atom. The highest BCUT2D eigenvalue weighted by Crippen LogP contribution is 2.33. The fourth-order valence-electron chi connectivity index (χ4n) is 2.17. The number of rotatable bonds is 4. The maximum atomic E-state index is 11.9. The summed E-state index contributed by atoms with van der Waals surface area (Å²) in [4.78, 5) is 0. The van der Waals surface area contributed by atoms with Crippen LogP contribution in [0.2, 0.25) is 0 Å². The van der Waals surface area contributed by atoms with Crippen LogP contribution in [0.3, 0.4) is 0 Å². The van der Waals surface area contributed by atoms with Gasteiger partial charge < -0.3 is 10.5 Å². The molecule has 1 heterocycles. The molecule has 2 N–H and O–H groups in total. The van der Waals surface area contributed by atoms with E-state index in [-0.39, 0.29) is 6.04 Å². The number of fused-ring (bicyclic) bond motifs is 1. The van der Waals surface area contributed by atoms with Crippen molar-refractivity contribution in [1.82, 2.24) is 0 Å². The molecular weight excluding hydrogens is 234 g/mol. The Hall–Kier alpha value is -0.870. The first kappa shape index (κ1) is 12.6. The van der Waals surface area contributed by atoms with Gasteiger partial charge in [0.05, 0.1) is 6.61 Å². The smallest absolute Gasteiger partial charge is 0.122 e. The quantitative estimate of drug-likeness (QED) is 0.887. The van der Waals surface area contributed by atoms with Crippen molar-refractivity contribution < 1.29 is 8.95 Å². The molecule has 0 spiro atoms. The lowest BCUT2D eigenvalue weighted by molar-refractivity contribution is 0.273. The van der Waals surface area contributed by atoms with Crippen molar-refractivity contribution in [2.75, 3.05) is 18.1 Å². The molecule has 3 unspecified atom stereocenters. The monoisotopic (exact) mass is 253 g/mol. The van der Waals surface area contributed by atoms with Gasteiger partial charge in [0.1, 0.15) is 5.75 Å². The van der Waals surface area contributed by atoms with E-state index in [2.05, 4.69) is 6.07 Å². The zero-order valence-corrected chi connectivity index (χ0v) is 10.9. The van der Waals surface area contributed by atoms with Gasteiger partial charge in [-0.15, -0.1) is 0 Å². The summed E-state index contributed by atoms with van der Waals surface area (Å²) >= 11 is 0. The number of nitrogens with two attached hydrogens (primary N) is 1. The molecule has 0 amide bonds. The third-order valence-electron chi connectivity index (χ3n) is 2.92. The molecule has 17 heavy (non-hydrogen) atoms. The lowest BCUT2D eigenvalue weighted by Gasteiger charge is -2.25. The largest absolute Gasteiger partial charge is 0.493 e. The van der Waals surface area contributed by atoms with E-state index in [4.69, 9.17) is 10.5 Å². The molecular formula is C13H19NO2S. The third kappa shape index (κ3) is 3.30. The van der Waals surface area contributed by atoms with Crippen LogP contribution in [0.5, 0.6) is 5.75 Å². The van der Waals surface area contributed by atoms with Gasteiger partial charge in [0.2, 0.25) is 0 Å². The molecule has 3 nitrogen and oxygen atoms in total. The summed E-state index contributed by atoms with van der Waals surface area (Å²) in [5, 5.41) is 0. The second-order valence-electron chi connectivity index (χ2n) is 4.62. The molecule has 0 saturated carbocycles. The van der Waals surface area contributed by atoms with E-state index in [0.29, 0.717) is 17.4 Å². The highest BCUT2D eigenvalue weighted by molar-refractivity contribution is 7.85. The fraction of sp³-hybridized carbons (Fsp3) is 0.538. The molecule has 1 aromatic rings. The zero-order chi connectivity index (χ0) is 12.3. The molecule has 0 bridgehead atoms. The molecule has 1 aliphatic heterocycles. The standard InChI is InChI=1S/C13H19NO2S/c1-10(14)8-17(15)9-11-6-7-16-13-5-3-2-4-12(11)13/h2-5,10-11H,6-9,14H2,1H3. The van der Waals surface area contributed by atoms with E-state index in [1.165, 1.54) is 5.56 Å². The second-order valence-corrected chi connectivity index (χ2v) is 6.17. The molecule has 4 heteroatoms. The van der Waals surface area contributed by atoms with Crippen molar-refractivity contribution >= 4 is 10.8 Å². The van der Waals surface area contributed by atoms with Crippen LogP contribution in [-0.2, 0) is 10.8 Å². The summed E-state index contributed by atoms with van der Waals surface area (Å²) < 4.78 is 17.5. The minimum Gasteiger partial charge on any atom is -0.493 e. The van der Waals surface area contributed by atoms with Crippen molar-refractivity contribution in [3.05, 3.63) is 29.8 Å². The van der Waals surface area contributed by atoms with Crippen molar-refractivity contribution in [2.24, 2.45) is 5.73 Å². The Balaban J connectivity index is 2.06. The van der Waals surface area contributed by atoms with Gasteiger partial charge in [0.25, 0.3) is 0 Å². The van der Waals surface area contributed by atoms with Crippen molar-refractivity contribution in [3.63, 3.8) is 0 Å². The van der Waals surface area contributed by atoms with Crippen LogP contribution < -0.4 is 10.5 Å². The summed E-state index contributed by atoms with van der Waals surface area (Å²) in [6.07, 6.45) is 0.946. The summed E-state index contributed by atoms with van der Waals surface area (Å²) in [6.45, 7) is 2.62. The fourth-order valence-corrected chi connectivity index (χ4v) is 3.69. The van der Waals surface area contributed by atoms with Crippen LogP contribution in [0.25, 0.3) is 0 Å². The zero-order valence-electron chi connectivity index (χ0n) is 10.1. The number of hydrogen-bond donors (Lipinski definition) is 1. The molecule has 1 aliphatic rings. The van der Waals surface area contributed by atoms with E-state index in [1.807, 2.05) is 25.1 Å². The molecule has 3 atom stereocenters. The van der Waals surface area contributed by atoms with Gasteiger partial charge in [-0.1, -0.05) is 18.2 Å². The van der Waals surface area contributed by atoms with Gasteiger partial charge in [0, 0.05) is 34.3 Å². The van der Waals surface area contributed by atoms with Crippen molar-refractivity contribution in [2.45, 2.75) is 25.3 Å². The van der Waals surface area contributed by atoms with Crippen LogP contribution >= 0.6 is 0 Å². The minimum atomic E-state index is -0.836. The van der Waals surface area contributed by atoms with Crippen LogP contribution in [0.4, 0.5) is 0 Å². The average molecular weight is 253 g/mol. The molecule has 2 rings (SSSR count). The molecule has 0 radical (unpaired) electrons. The third-order valence-corrected chi connectivity index (χ3v) is 4.59. The van der Waals surface area contributed by atoms with Crippen molar-refractivity contribution in [1.29, 1.82) is 0 Å². The highest BCUT2D eigenvalue weighted by Gasteiger charge is 2.23. The van der Waals surface area contributed by atoms with E-state index >= 15 is 0 Å². The lowest BCUT2D eigenvalue weighted by atomic mass is 9.95. The topological polar surface area (TPSA) is 52.3 Å². The lowest BCUT2D eigenvalue weighted by Crippen LogP contribution is -2.27. The molecule has 1 aromatic carbocycles. The first-order chi connectivity index (χ1) is 8.16. The molecule has 0 aromatic heterocycles. The number of ether oxygens (including phenoxy) is 1. The number of para-hydroxylation sites is 1. The van der Waals surface area contributed by atoms with Gasteiger partial charge in [-0.05, 0) is 25.0 Å². The summed E-state index contributed by atoms with van der Waals surface area (Å²) in [5.74, 6) is 2.57. The predicted molar refractivity (Wildman–Crippen MR) is 70.8 cm³/mol. The molecule has 94 valence electrons. The van der Waals surface area contributed by atoms with Gasteiger partial charge in [-0.2, -0.15) is 0 Å². The van der Waals surface area contributed by atoms with E-state index in [1.54, 1.807) is 0 Å². The van der Waals surface area contributed by atoms with Crippen LogP contribution in [0.1, 0.15) is 24.8 Å². The molecule has 0 saturated heterocycles. The Kier molecular flexibility index (Phi) is 4.18. The van der Waals surface area contributed by atoms with E-state index in [0.717, 1.165) is 18.8 Å². The molecule has 0 aliphatic carbocycles. The van der Waals surface area contributed by atoms with Gasteiger partial charge in [0.15, 0.2) is 0 Å². The first-order valence-corrected chi connectivity index (χ1v) is 7.48. The Morgan fingerprint density at radius 2 is 2.29 bits per heavy atom. The molecule has 0 fully saturated rings. The number of benzene rings is 1. The van der Waals surface area contributed by atoms with Gasteiger partial charge in [-0.3, -0.25) is 4.21 Å². The van der Waals surface area contributed by atoms with Crippen LogP contribution in [-0.4, -0.2) is 28.4 Å². The van der Waals surface area contributed by atoms with Gasteiger partial charge in [-0.25, -0.2) is 0 Å².